The van der Waals surface area contributed by atoms with E-state index in [2.05, 4.69) is 4.90 Å². The lowest BCUT2D eigenvalue weighted by Crippen LogP contribution is -2.41. The summed E-state index contributed by atoms with van der Waals surface area (Å²) in [7, 11) is 1.91. The summed E-state index contributed by atoms with van der Waals surface area (Å²) in [5.41, 5.74) is 0. The summed E-state index contributed by atoms with van der Waals surface area (Å²) in [5, 5.41) is 0. The summed E-state index contributed by atoms with van der Waals surface area (Å²) in [6.07, 6.45) is 5.45. The number of urea groups is 1. The van der Waals surface area contributed by atoms with Crippen molar-refractivity contribution in [1.29, 1.82) is 0 Å². The molecule has 0 N–H and O–H groups in total. The normalized spacial score (nSPS) is 41.5. The molecule has 1 aliphatic heterocycles. The van der Waals surface area contributed by atoms with Crippen molar-refractivity contribution in [2.75, 3.05) is 20.1 Å². The van der Waals surface area contributed by atoms with Gasteiger partial charge in [0.05, 0.1) is 0 Å². The molecule has 1 heterocycles. The molecule has 3 heteroatoms. The largest absolute Gasteiger partial charge is 0.326 e. The first-order valence-electron chi connectivity index (χ1n) is 5.77. The van der Waals surface area contributed by atoms with Gasteiger partial charge in [0.25, 0.3) is 0 Å². The summed E-state index contributed by atoms with van der Waals surface area (Å²) in [5.74, 6) is 1.76. The van der Waals surface area contributed by atoms with Crippen LogP contribution in [0.3, 0.4) is 0 Å². The van der Waals surface area contributed by atoms with E-state index < -0.39 is 0 Å². The van der Waals surface area contributed by atoms with Crippen molar-refractivity contribution >= 4 is 6.03 Å². The van der Waals surface area contributed by atoms with Crippen molar-refractivity contribution in [3.8, 4) is 0 Å². The zero-order valence-corrected chi connectivity index (χ0v) is 8.78. The minimum Gasteiger partial charge on any atom is -0.326 e. The van der Waals surface area contributed by atoms with Crippen molar-refractivity contribution < 1.29 is 4.79 Å². The molecule has 2 aliphatic carbocycles. The Kier molecular flexibility index (Phi) is 1.76. The average Bonchev–Trinajstić information content (AvgIpc) is 2.84. The molecule has 0 radical (unpaired) electrons. The SMILES string of the molecule is CN1CCN(C2CC3CCC2C3)C1=O. The zero-order chi connectivity index (χ0) is 9.71. The van der Waals surface area contributed by atoms with Gasteiger partial charge in [0.15, 0.2) is 0 Å². The molecule has 0 aromatic carbocycles. The van der Waals surface area contributed by atoms with Gasteiger partial charge in [0.2, 0.25) is 0 Å². The Morgan fingerprint density at radius 3 is 2.57 bits per heavy atom. The Balaban J connectivity index is 1.75. The van der Waals surface area contributed by atoms with Crippen molar-refractivity contribution in [3.63, 3.8) is 0 Å². The van der Waals surface area contributed by atoms with Crippen LogP contribution in [0.25, 0.3) is 0 Å². The van der Waals surface area contributed by atoms with Gasteiger partial charge >= 0.3 is 6.03 Å². The molecule has 2 saturated carbocycles. The first kappa shape index (κ1) is 8.57. The third-order valence-corrected chi connectivity index (χ3v) is 4.35. The predicted molar refractivity (Wildman–Crippen MR) is 54.0 cm³/mol. The summed E-state index contributed by atoms with van der Waals surface area (Å²) in [4.78, 5) is 15.8. The van der Waals surface area contributed by atoms with E-state index in [1.807, 2.05) is 11.9 Å². The number of rotatable bonds is 1. The molecule has 3 rings (SSSR count). The lowest BCUT2D eigenvalue weighted by atomic mass is 9.94. The summed E-state index contributed by atoms with van der Waals surface area (Å²) in [6.45, 7) is 1.88. The van der Waals surface area contributed by atoms with Gasteiger partial charge in [-0.3, -0.25) is 0 Å². The monoisotopic (exact) mass is 194 g/mol. The fraction of sp³-hybridized carbons (Fsp3) is 0.909. The van der Waals surface area contributed by atoms with Crippen LogP contribution in [-0.4, -0.2) is 42.0 Å². The van der Waals surface area contributed by atoms with E-state index >= 15 is 0 Å². The molecule has 3 unspecified atom stereocenters. The average molecular weight is 194 g/mol. The maximum atomic E-state index is 11.8. The van der Waals surface area contributed by atoms with E-state index in [1.54, 1.807) is 0 Å². The van der Waals surface area contributed by atoms with Gasteiger partial charge in [-0.15, -0.1) is 0 Å². The van der Waals surface area contributed by atoms with Crippen LogP contribution in [0.5, 0.6) is 0 Å². The van der Waals surface area contributed by atoms with E-state index in [4.69, 9.17) is 0 Å². The highest BCUT2D eigenvalue weighted by Gasteiger charge is 2.45. The second kappa shape index (κ2) is 2.88. The Morgan fingerprint density at radius 1 is 1.21 bits per heavy atom. The van der Waals surface area contributed by atoms with Gasteiger partial charge in [0.1, 0.15) is 0 Å². The van der Waals surface area contributed by atoms with E-state index in [1.165, 1.54) is 25.7 Å². The smallest absolute Gasteiger partial charge is 0.320 e. The second-order valence-corrected chi connectivity index (χ2v) is 5.14. The molecule has 3 aliphatic rings. The molecular weight excluding hydrogens is 176 g/mol. The number of hydrogen-bond acceptors (Lipinski definition) is 1. The van der Waals surface area contributed by atoms with Crippen LogP contribution in [0, 0.1) is 11.8 Å². The number of carbonyl (C=O) groups is 1. The van der Waals surface area contributed by atoms with E-state index in [0.29, 0.717) is 6.04 Å². The molecule has 3 fully saturated rings. The zero-order valence-electron chi connectivity index (χ0n) is 8.78. The van der Waals surface area contributed by atoms with Gasteiger partial charge in [0, 0.05) is 26.2 Å². The molecule has 14 heavy (non-hydrogen) atoms. The standard InChI is InChI=1S/C11H18N2O/c1-12-4-5-13(11(12)14)10-7-8-2-3-9(10)6-8/h8-10H,2-7H2,1H3. The number of carbonyl (C=O) groups excluding carboxylic acids is 1. The Morgan fingerprint density at radius 2 is 2.07 bits per heavy atom. The Labute approximate surface area is 85.1 Å². The minimum absolute atomic E-state index is 0.266. The van der Waals surface area contributed by atoms with Crippen LogP contribution < -0.4 is 0 Å². The second-order valence-electron chi connectivity index (χ2n) is 5.14. The van der Waals surface area contributed by atoms with Crippen LogP contribution >= 0.6 is 0 Å². The Bertz CT molecular complexity index is 266. The number of hydrogen-bond donors (Lipinski definition) is 0. The molecule has 3 nitrogen and oxygen atoms in total. The Hall–Kier alpha value is -0.730. The first-order valence-corrected chi connectivity index (χ1v) is 5.77. The molecule has 78 valence electrons. The molecule has 0 spiro atoms. The van der Waals surface area contributed by atoms with Gasteiger partial charge in [-0.05, 0) is 31.1 Å². The number of amides is 2. The molecule has 2 amide bonds. The molecule has 0 aromatic heterocycles. The highest BCUT2D eigenvalue weighted by atomic mass is 16.2. The predicted octanol–water partition coefficient (Wildman–Crippen LogP) is 1.54. The lowest BCUT2D eigenvalue weighted by molar-refractivity contribution is 0.160. The lowest BCUT2D eigenvalue weighted by Gasteiger charge is -2.30. The fourth-order valence-electron chi connectivity index (χ4n) is 3.57. The number of fused-ring (bicyclic) bond motifs is 2. The molecule has 3 atom stereocenters. The van der Waals surface area contributed by atoms with E-state index in [9.17, 15) is 4.79 Å². The fourth-order valence-corrected chi connectivity index (χ4v) is 3.57. The third-order valence-electron chi connectivity index (χ3n) is 4.35. The highest BCUT2D eigenvalue weighted by molar-refractivity contribution is 5.76. The van der Waals surface area contributed by atoms with Gasteiger partial charge < -0.3 is 9.80 Å². The van der Waals surface area contributed by atoms with Crippen molar-refractivity contribution in [3.05, 3.63) is 0 Å². The highest BCUT2D eigenvalue weighted by Crippen LogP contribution is 2.47. The van der Waals surface area contributed by atoms with Gasteiger partial charge in [-0.2, -0.15) is 0 Å². The van der Waals surface area contributed by atoms with Gasteiger partial charge in [-0.1, -0.05) is 6.42 Å². The van der Waals surface area contributed by atoms with Crippen LogP contribution in [-0.2, 0) is 0 Å². The van der Waals surface area contributed by atoms with E-state index in [0.717, 1.165) is 24.9 Å². The minimum atomic E-state index is 0.266. The van der Waals surface area contributed by atoms with Crippen LogP contribution in [0.2, 0.25) is 0 Å². The maximum absolute atomic E-state index is 11.8. The van der Waals surface area contributed by atoms with Crippen LogP contribution in [0.15, 0.2) is 0 Å². The van der Waals surface area contributed by atoms with Crippen molar-refractivity contribution in [2.45, 2.75) is 31.7 Å². The van der Waals surface area contributed by atoms with Crippen LogP contribution in [0.4, 0.5) is 4.79 Å². The molecule has 2 bridgehead atoms. The quantitative estimate of drug-likeness (QED) is 0.621. The molecule has 0 aromatic rings. The van der Waals surface area contributed by atoms with E-state index in [-0.39, 0.29) is 6.03 Å². The summed E-state index contributed by atoms with van der Waals surface area (Å²) >= 11 is 0. The molecule has 1 saturated heterocycles. The molecular formula is C11H18N2O. The third kappa shape index (κ3) is 1.07. The summed E-state index contributed by atoms with van der Waals surface area (Å²) < 4.78 is 0. The van der Waals surface area contributed by atoms with Crippen molar-refractivity contribution in [2.24, 2.45) is 11.8 Å². The summed E-state index contributed by atoms with van der Waals surface area (Å²) in [6, 6.07) is 0.855. The topological polar surface area (TPSA) is 23.6 Å². The number of nitrogens with zero attached hydrogens (tertiary/aromatic N) is 2. The van der Waals surface area contributed by atoms with Crippen LogP contribution in [0.1, 0.15) is 25.7 Å². The number of likely N-dealkylation sites (N-methyl/N-ethyl adjacent to an activating group) is 1. The maximum Gasteiger partial charge on any atom is 0.320 e. The van der Waals surface area contributed by atoms with Gasteiger partial charge in [-0.25, -0.2) is 4.79 Å². The first-order chi connectivity index (χ1) is 6.75. The van der Waals surface area contributed by atoms with Crippen molar-refractivity contribution in [1.82, 2.24) is 9.80 Å².